The number of halogens is 1. The van der Waals surface area contributed by atoms with Gasteiger partial charge in [-0.25, -0.2) is 4.39 Å². The molecular formula is C43H47BFNO6SSi. The number of phenols is 1. The topological polar surface area (TPSA) is 96.3 Å². The molecule has 2 fully saturated rings. The number of fused-ring (bicyclic) bond motifs is 3. The molecule has 2 saturated heterocycles. The average Bonchev–Trinajstić information content (AvgIpc) is 3.75. The first kappa shape index (κ1) is 38.2. The minimum Gasteiger partial charge on any atom is -0.505 e. The highest BCUT2D eigenvalue weighted by atomic mass is 32.1. The van der Waals surface area contributed by atoms with Gasteiger partial charge in [0, 0.05) is 4.88 Å². The lowest BCUT2D eigenvalue weighted by atomic mass is 9.58. The van der Waals surface area contributed by atoms with E-state index in [9.17, 15) is 24.1 Å². The van der Waals surface area contributed by atoms with Crippen molar-refractivity contribution in [2.24, 2.45) is 17.8 Å². The molecule has 1 aromatic heterocycles. The number of carbonyl (C=O) groups is 2. The van der Waals surface area contributed by atoms with E-state index in [1.807, 2.05) is 42.6 Å². The molecule has 54 heavy (non-hydrogen) atoms. The highest BCUT2D eigenvalue weighted by molar-refractivity contribution is 7.09. The molecule has 2 aliphatic heterocycles. The largest absolute Gasteiger partial charge is 0.505 e. The third-order valence-corrected chi connectivity index (χ3v) is 17.2. The molecule has 0 unspecified atom stereocenters. The van der Waals surface area contributed by atoms with Crippen LogP contribution in [0.2, 0.25) is 11.4 Å². The van der Waals surface area contributed by atoms with E-state index in [4.69, 9.17) is 9.08 Å². The fourth-order valence-corrected chi connectivity index (χ4v) is 14.2. The molecule has 3 heterocycles. The predicted molar refractivity (Wildman–Crippen MR) is 214 cm³/mol. The minimum absolute atomic E-state index is 0.169. The Labute approximate surface area is 322 Å². The van der Waals surface area contributed by atoms with Crippen LogP contribution in [-0.2, 0) is 25.2 Å². The summed E-state index contributed by atoms with van der Waals surface area (Å²) in [6.45, 7) is 9.15. The van der Waals surface area contributed by atoms with E-state index in [0.29, 0.717) is 24.8 Å². The summed E-state index contributed by atoms with van der Waals surface area (Å²) in [5, 5.41) is 24.8. The lowest BCUT2D eigenvalue weighted by Crippen LogP contribution is -2.66. The second-order valence-electron chi connectivity index (χ2n) is 15.9. The van der Waals surface area contributed by atoms with Crippen molar-refractivity contribution in [2.75, 3.05) is 6.61 Å². The fraction of sp³-hybridized carbons (Fsp3) is 0.349. The van der Waals surface area contributed by atoms with Crippen molar-refractivity contribution in [1.29, 1.82) is 0 Å². The van der Waals surface area contributed by atoms with Gasteiger partial charge in [-0.05, 0) is 94.1 Å². The van der Waals surface area contributed by atoms with Gasteiger partial charge in [0.25, 0.3) is 8.32 Å². The number of hydrogen-bond acceptors (Lipinski definition) is 7. The summed E-state index contributed by atoms with van der Waals surface area (Å²) in [7, 11) is -4.08. The molecule has 1 aliphatic carbocycles. The number of likely N-dealkylation sites (tertiary alicyclic amines) is 1. The average molecular weight is 764 g/mol. The van der Waals surface area contributed by atoms with E-state index < -0.39 is 50.9 Å². The molecular weight excluding hydrogens is 716 g/mol. The van der Waals surface area contributed by atoms with Crippen LogP contribution >= 0.6 is 11.3 Å². The van der Waals surface area contributed by atoms with Crippen molar-refractivity contribution in [3.8, 4) is 5.75 Å². The standard InChI is InChI=1S/C43H47BFNO6SSi/c1-28(22-29-18-19-37(47)36(45)23-29)17-20-38-39-30(27-51-54(43(2,3)4,32-13-7-5-8-14-32)33-15-9-6-10-16-33)24-34-40(35(39)25-44(50)52-38)42(49)46(41(34)48)26-31-12-11-21-53-31/h5-16,18-19,21-23,34-35,38,40,47,50H,17,20,24-27H2,1-4H3/b28-22+/t34-,35+,38-,40-/m1/s1. The van der Waals surface area contributed by atoms with Gasteiger partial charge in [0.1, 0.15) is 0 Å². The lowest BCUT2D eigenvalue weighted by Gasteiger charge is -2.46. The van der Waals surface area contributed by atoms with Gasteiger partial charge in [-0.3, -0.25) is 14.5 Å². The molecule has 3 aromatic carbocycles. The molecule has 0 spiro atoms. The highest BCUT2D eigenvalue weighted by Crippen LogP contribution is 2.51. The van der Waals surface area contributed by atoms with E-state index >= 15 is 0 Å². The number of imide groups is 1. The first-order chi connectivity index (χ1) is 25.9. The Kier molecular flexibility index (Phi) is 11.0. The minimum atomic E-state index is -2.98. The molecule has 7 rings (SSSR count). The Morgan fingerprint density at radius 1 is 1.00 bits per heavy atom. The summed E-state index contributed by atoms with van der Waals surface area (Å²) in [5.74, 6) is -2.98. The second kappa shape index (κ2) is 15.5. The number of allylic oxidation sites excluding steroid dienone is 1. The summed E-state index contributed by atoms with van der Waals surface area (Å²) >= 11 is 1.52. The molecule has 4 atom stereocenters. The van der Waals surface area contributed by atoms with E-state index in [1.165, 1.54) is 28.4 Å². The first-order valence-corrected chi connectivity index (χ1v) is 21.5. The Morgan fingerprint density at radius 2 is 1.69 bits per heavy atom. The van der Waals surface area contributed by atoms with Crippen molar-refractivity contribution < 1.29 is 33.2 Å². The number of aromatic hydroxyl groups is 1. The molecule has 7 nitrogen and oxygen atoms in total. The molecule has 0 radical (unpaired) electrons. The summed E-state index contributed by atoms with van der Waals surface area (Å²) < 4.78 is 27.9. The van der Waals surface area contributed by atoms with Gasteiger partial charge in [-0.1, -0.05) is 105 Å². The third-order valence-electron chi connectivity index (χ3n) is 11.4. The van der Waals surface area contributed by atoms with E-state index in [-0.39, 0.29) is 36.3 Å². The summed E-state index contributed by atoms with van der Waals surface area (Å²) in [6.07, 6.45) is 3.02. The van der Waals surface area contributed by atoms with Gasteiger partial charge in [0.2, 0.25) is 11.8 Å². The van der Waals surface area contributed by atoms with Gasteiger partial charge in [0.15, 0.2) is 11.6 Å². The number of benzene rings is 3. The number of thiophene rings is 1. The molecule has 2 amide bonds. The molecule has 2 N–H and O–H groups in total. The van der Waals surface area contributed by atoms with Crippen LogP contribution in [0.15, 0.2) is 113 Å². The van der Waals surface area contributed by atoms with Crippen LogP contribution in [0.5, 0.6) is 5.75 Å². The maximum Gasteiger partial charge on any atom is 0.455 e. The van der Waals surface area contributed by atoms with Gasteiger partial charge in [-0.2, -0.15) is 0 Å². The number of hydrogen-bond donors (Lipinski definition) is 2. The van der Waals surface area contributed by atoms with Crippen molar-refractivity contribution in [3.05, 3.63) is 129 Å². The van der Waals surface area contributed by atoms with Crippen LogP contribution in [-0.4, -0.2) is 55.0 Å². The van der Waals surface area contributed by atoms with Crippen molar-refractivity contribution in [1.82, 2.24) is 4.90 Å². The number of phenolic OH excluding ortho intramolecular Hbond substituents is 1. The van der Waals surface area contributed by atoms with Crippen LogP contribution in [0.1, 0.15) is 57.4 Å². The number of amides is 2. The Morgan fingerprint density at radius 3 is 2.30 bits per heavy atom. The molecule has 0 bridgehead atoms. The zero-order valence-electron chi connectivity index (χ0n) is 31.2. The number of rotatable bonds is 11. The van der Waals surface area contributed by atoms with Crippen LogP contribution in [0.25, 0.3) is 6.08 Å². The third kappa shape index (κ3) is 7.32. The summed E-state index contributed by atoms with van der Waals surface area (Å²) in [5.41, 5.74) is 3.52. The highest BCUT2D eigenvalue weighted by Gasteiger charge is 2.58. The number of carbonyl (C=O) groups excluding carboxylic acids is 2. The molecule has 4 aromatic rings. The van der Waals surface area contributed by atoms with Crippen LogP contribution in [0, 0.1) is 23.6 Å². The van der Waals surface area contributed by atoms with E-state index in [2.05, 4.69) is 69.3 Å². The van der Waals surface area contributed by atoms with Crippen molar-refractivity contribution in [2.45, 2.75) is 71.0 Å². The monoisotopic (exact) mass is 763 g/mol. The SMILES string of the molecule is C/C(=C\c1ccc(O)c(F)c1)CC[C@H]1OB(O)C[C@H]2C1=C(CO[Si](c1ccccc1)(c1ccccc1)C(C)(C)C)C[C@H]1C(=O)N(Cc3cccs3)C(=O)[C@H]12. The zero-order chi connectivity index (χ0) is 38.2. The van der Waals surface area contributed by atoms with E-state index in [1.54, 1.807) is 6.07 Å². The first-order valence-electron chi connectivity index (χ1n) is 18.7. The lowest BCUT2D eigenvalue weighted by molar-refractivity contribution is -0.140. The van der Waals surface area contributed by atoms with Crippen molar-refractivity contribution in [3.63, 3.8) is 0 Å². The zero-order valence-corrected chi connectivity index (χ0v) is 33.0. The fourth-order valence-electron chi connectivity index (χ4n) is 8.96. The smallest absolute Gasteiger partial charge is 0.455 e. The Hall–Kier alpha value is -4.13. The number of nitrogens with zero attached hydrogens (tertiary/aromatic N) is 1. The predicted octanol–water partition coefficient (Wildman–Crippen LogP) is 7.35. The van der Waals surface area contributed by atoms with Gasteiger partial charge >= 0.3 is 7.12 Å². The quantitative estimate of drug-likeness (QED) is 0.0943. The molecule has 3 aliphatic rings. The maximum absolute atomic E-state index is 14.3. The summed E-state index contributed by atoms with van der Waals surface area (Å²) in [6, 6.07) is 29.0. The van der Waals surface area contributed by atoms with Gasteiger partial charge < -0.3 is 19.2 Å². The van der Waals surface area contributed by atoms with Crippen molar-refractivity contribution >= 4 is 55.0 Å². The molecule has 280 valence electrons. The van der Waals surface area contributed by atoms with E-state index in [0.717, 1.165) is 32.0 Å². The Bertz CT molecular complexity index is 2010. The maximum atomic E-state index is 14.3. The molecule has 11 heteroatoms. The Balaban J connectivity index is 1.28. The normalized spacial score (nSPS) is 22.1. The van der Waals surface area contributed by atoms with Gasteiger partial charge in [-0.15, -0.1) is 11.3 Å². The van der Waals surface area contributed by atoms with Crippen LogP contribution in [0.4, 0.5) is 4.39 Å². The second-order valence-corrected chi connectivity index (χ2v) is 21.2. The van der Waals surface area contributed by atoms with Crippen LogP contribution in [0.3, 0.4) is 0 Å². The van der Waals surface area contributed by atoms with Gasteiger partial charge in [0.05, 0.1) is 31.1 Å². The summed E-state index contributed by atoms with van der Waals surface area (Å²) in [4.78, 5) is 30.8. The molecule has 0 saturated carbocycles. The van der Waals surface area contributed by atoms with Crippen LogP contribution < -0.4 is 10.4 Å².